The molecule has 1 N–H and O–H groups in total. The molecule has 0 radical (unpaired) electrons. The van der Waals surface area contributed by atoms with Crippen LogP contribution in [-0.2, 0) is 0 Å². The maximum absolute atomic E-state index is 10.7. The van der Waals surface area contributed by atoms with Crippen molar-refractivity contribution in [1.82, 2.24) is 0 Å². The van der Waals surface area contributed by atoms with Crippen molar-refractivity contribution in [3.05, 3.63) is 28.8 Å². The fourth-order valence-electron chi connectivity index (χ4n) is 0.981. The van der Waals surface area contributed by atoms with Crippen LogP contribution < -0.4 is 4.74 Å². The Morgan fingerprint density at radius 2 is 2.33 bits per heavy atom. The first-order valence-corrected chi connectivity index (χ1v) is 4.58. The third-order valence-corrected chi connectivity index (χ3v) is 2.03. The molecule has 0 aliphatic rings. The van der Waals surface area contributed by atoms with Crippen LogP contribution in [0.4, 0.5) is 0 Å². The van der Waals surface area contributed by atoms with Gasteiger partial charge in [0.25, 0.3) is 0 Å². The SMILES string of the molecule is C#CC(C)Oc1ccc(C(=O)O)c(Cl)c1. The first-order valence-electron chi connectivity index (χ1n) is 4.20. The van der Waals surface area contributed by atoms with Gasteiger partial charge in [0.15, 0.2) is 6.10 Å². The van der Waals surface area contributed by atoms with Crippen molar-refractivity contribution in [3.63, 3.8) is 0 Å². The van der Waals surface area contributed by atoms with Gasteiger partial charge in [0, 0.05) is 0 Å². The Hall–Kier alpha value is -1.66. The van der Waals surface area contributed by atoms with Crippen molar-refractivity contribution in [2.75, 3.05) is 0 Å². The third-order valence-electron chi connectivity index (χ3n) is 1.72. The number of terminal acetylenes is 1. The number of hydrogen-bond acceptors (Lipinski definition) is 2. The number of rotatable bonds is 3. The number of hydrogen-bond donors (Lipinski definition) is 1. The van der Waals surface area contributed by atoms with Crippen molar-refractivity contribution in [2.45, 2.75) is 13.0 Å². The van der Waals surface area contributed by atoms with Crippen molar-refractivity contribution >= 4 is 17.6 Å². The predicted molar refractivity (Wildman–Crippen MR) is 57.3 cm³/mol. The van der Waals surface area contributed by atoms with Crippen molar-refractivity contribution in [2.24, 2.45) is 0 Å². The summed E-state index contributed by atoms with van der Waals surface area (Å²) in [5, 5.41) is 8.86. The fraction of sp³-hybridized carbons (Fsp3) is 0.182. The lowest BCUT2D eigenvalue weighted by Crippen LogP contribution is -2.08. The van der Waals surface area contributed by atoms with Gasteiger partial charge in [0.2, 0.25) is 0 Å². The van der Waals surface area contributed by atoms with Gasteiger partial charge in [0.05, 0.1) is 10.6 Å². The zero-order valence-electron chi connectivity index (χ0n) is 8.03. The van der Waals surface area contributed by atoms with Crippen molar-refractivity contribution in [3.8, 4) is 18.1 Å². The fourth-order valence-corrected chi connectivity index (χ4v) is 1.23. The third kappa shape index (κ3) is 2.90. The molecule has 1 unspecified atom stereocenters. The van der Waals surface area contributed by atoms with E-state index in [1.165, 1.54) is 18.2 Å². The quantitative estimate of drug-likeness (QED) is 0.803. The molecular formula is C11H9ClO3. The summed E-state index contributed by atoms with van der Waals surface area (Å²) in [7, 11) is 0. The number of benzene rings is 1. The zero-order chi connectivity index (χ0) is 11.4. The molecule has 0 aromatic heterocycles. The van der Waals surface area contributed by atoms with Gasteiger partial charge < -0.3 is 9.84 Å². The second-order valence-corrected chi connectivity index (χ2v) is 3.28. The largest absolute Gasteiger partial charge is 0.478 e. The molecule has 1 aromatic rings. The molecule has 0 amide bonds. The summed E-state index contributed by atoms with van der Waals surface area (Å²) in [5.41, 5.74) is 0.0392. The Kier molecular flexibility index (Phi) is 3.59. The van der Waals surface area contributed by atoms with E-state index in [0.717, 1.165) is 0 Å². The molecule has 0 saturated carbocycles. The average molecular weight is 225 g/mol. The molecular weight excluding hydrogens is 216 g/mol. The van der Waals surface area contributed by atoms with E-state index in [1.54, 1.807) is 6.92 Å². The van der Waals surface area contributed by atoms with Crippen molar-refractivity contribution in [1.29, 1.82) is 0 Å². The van der Waals surface area contributed by atoms with E-state index in [9.17, 15) is 4.79 Å². The molecule has 3 nitrogen and oxygen atoms in total. The molecule has 1 aromatic carbocycles. The smallest absolute Gasteiger partial charge is 0.337 e. The highest BCUT2D eigenvalue weighted by Gasteiger charge is 2.10. The van der Waals surface area contributed by atoms with Gasteiger partial charge in [-0.15, -0.1) is 6.42 Å². The van der Waals surface area contributed by atoms with Gasteiger partial charge >= 0.3 is 5.97 Å². The van der Waals surface area contributed by atoms with E-state index >= 15 is 0 Å². The summed E-state index contributed by atoms with van der Waals surface area (Å²) in [6.07, 6.45) is 4.76. The summed E-state index contributed by atoms with van der Waals surface area (Å²) in [4.78, 5) is 10.7. The summed E-state index contributed by atoms with van der Waals surface area (Å²) >= 11 is 5.74. The van der Waals surface area contributed by atoms with Crippen LogP contribution in [0.25, 0.3) is 0 Å². The monoisotopic (exact) mass is 224 g/mol. The topological polar surface area (TPSA) is 46.5 Å². The standard InChI is InChI=1S/C11H9ClO3/c1-3-7(2)15-8-4-5-9(11(13)14)10(12)6-8/h1,4-7H,2H3,(H,13,14). The number of ether oxygens (including phenoxy) is 1. The second-order valence-electron chi connectivity index (χ2n) is 2.87. The number of carboxylic acids is 1. The molecule has 15 heavy (non-hydrogen) atoms. The first kappa shape index (κ1) is 11.4. The Morgan fingerprint density at radius 1 is 1.67 bits per heavy atom. The number of halogens is 1. The minimum absolute atomic E-state index is 0.0392. The van der Waals surface area contributed by atoms with Gasteiger partial charge in [-0.1, -0.05) is 17.5 Å². The number of carbonyl (C=O) groups is 1. The van der Waals surface area contributed by atoms with Crippen LogP contribution >= 0.6 is 11.6 Å². The van der Waals surface area contributed by atoms with Crippen LogP contribution in [0.5, 0.6) is 5.75 Å². The Balaban J connectivity index is 2.93. The Morgan fingerprint density at radius 3 is 2.80 bits per heavy atom. The first-order chi connectivity index (χ1) is 7.04. The predicted octanol–water partition coefficient (Wildman–Crippen LogP) is 2.44. The lowest BCUT2D eigenvalue weighted by molar-refractivity contribution is 0.0697. The van der Waals surface area contributed by atoms with Gasteiger partial charge in [0.1, 0.15) is 5.75 Å². The van der Waals surface area contributed by atoms with Crippen LogP contribution in [0.15, 0.2) is 18.2 Å². The molecule has 4 heteroatoms. The normalized spacial score (nSPS) is 11.5. The Labute approximate surface area is 92.6 Å². The Bertz CT molecular complexity index is 420. The highest BCUT2D eigenvalue weighted by molar-refractivity contribution is 6.33. The van der Waals surface area contributed by atoms with E-state index < -0.39 is 5.97 Å². The van der Waals surface area contributed by atoms with E-state index in [2.05, 4.69) is 5.92 Å². The van der Waals surface area contributed by atoms with Gasteiger partial charge in [-0.25, -0.2) is 4.79 Å². The van der Waals surface area contributed by atoms with Crippen LogP contribution in [0, 0.1) is 12.3 Å². The molecule has 1 rings (SSSR count). The minimum atomic E-state index is -1.07. The maximum Gasteiger partial charge on any atom is 0.337 e. The van der Waals surface area contributed by atoms with E-state index in [0.29, 0.717) is 5.75 Å². The molecule has 0 saturated heterocycles. The number of carboxylic acid groups (broad SMARTS) is 1. The lowest BCUT2D eigenvalue weighted by Gasteiger charge is -2.09. The van der Waals surface area contributed by atoms with E-state index in [4.69, 9.17) is 27.9 Å². The maximum atomic E-state index is 10.7. The second kappa shape index (κ2) is 4.72. The summed E-state index contributed by atoms with van der Waals surface area (Å²) in [5.74, 6) is 1.77. The zero-order valence-corrected chi connectivity index (χ0v) is 8.78. The lowest BCUT2D eigenvalue weighted by atomic mass is 10.2. The minimum Gasteiger partial charge on any atom is -0.478 e. The van der Waals surface area contributed by atoms with E-state index in [-0.39, 0.29) is 16.7 Å². The number of aromatic carboxylic acids is 1. The van der Waals surface area contributed by atoms with Crippen molar-refractivity contribution < 1.29 is 14.6 Å². The molecule has 78 valence electrons. The van der Waals surface area contributed by atoms with Crippen LogP contribution in [0.2, 0.25) is 5.02 Å². The average Bonchev–Trinajstić information content (AvgIpc) is 2.17. The molecule has 0 aliphatic carbocycles. The van der Waals surface area contributed by atoms with Crippen LogP contribution in [0.1, 0.15) is 17.3 Å². The molecule has 1 atom stereocenters. The molecule has 0 spiro atoms. The molecule has 0 bridgehead atoms. The van der Waals surface area contributed by atoms with Gasteiger partial charge in [-0.3, -0.25) is 0 Å². The van der Waals surface area contributed by atoms with Crippen LogP contribution in [0.3, 0.4) is 0 Å². The molecule has 0 heterocycles. The highest BCUT2D eigenvalue weighted by atomic mass is 35.5. The van der Waals surface area contributed by atoms with E-state index in [1.807, 2.05) is 0 Å². The molecule has 0 aliphatic heterocycles. The van der Waals surface area contributed by atoms with Gasteiger partial charge in [-0.05, 0) is 25.1 Å². The van der Waals surface area contributed by atoms with Crippen LogP contribution in [-0.4, -0.2) is 17.2 Å². The highest BCUT2D eigenvalue weighted by Crippen LogP contribution is 2.23. The summed E-state index contributed by atoms with van der Waals surface area (Å²) in [6.45, 7) is 1.71. The van der Waals surface area contributed by atoms with Gasteiger partial charge in [-0.2, -0.15) is 0 Å². The molecule has 0 fully saturated rings. The summed E-state index contributed by atoms with van der Waals surface area (Å²) < 4.78 is 5.27. The summed E-state index contributed by atoms with van der Waals surface area (Å²) in [6, 6.07) is 4.32.